The number of benzene rings is 1. The molecular weight excluding hydrogens is 322 g/mol. The fourth-order valence-electron chi connectivity index (χ4n) is 3.01. The quantitative estimate of drug-likeness (QED) is 0.479. The van der Waals surface area contributed by atoms with Gasteiger partial charge in [0, 0.05) is 36.7 Å². The van der Waals surface area contributed by atoms with Gasteiger partial charge in [-0.25, -0.2) is 4.79 Å². The van der Waals surface area contributed by atoms with Gasteiger partial charge in [0.05, 0.1) is 5.69 Å². The summed E-state index contributed by atoms with van der Waals surface area (Å²) in [6.07, 6.45) is 1.10. The smallest absolute Gasteiger partial charge is 0.326 e. The zero-order valence-electron chi connectivity index (χ0n) is 14.5. The van der Waals surface area contributed by atoms with Crippen molar-refractivity contribution in [3.05, 3.63) is 41.2 Å². The Hall–Kier alpha value is -2.64. The summed E-state index contributed by atoms with van der Waals surface area (Å²) in [7, 11) is 1.93. The molecule has 2 aromatic rings. The second-order valence-electron chi connectivity index (χ2n) is 5.58. The number of aryl methyl sites for hydroxylation is 1. The van der Waals surface area contributed by atoms with E-state index in [-0.39, 0.29) is 5.70 Å². The van der Waals surface area contributed by atoms with Crippen LogP contribution in [0, 0.1) is 0 Å². The molecule has 1 aliphatic rings. The molecule has 7 heteroatoms. The van der Waals surface area contributed by atoms with Crippen LogP contribution in [0.3, 0.4) is 0 Å². The summed E-state index contributed by atoms with van der Waals surface area (Å²) in [4.78, 5) is 23.3. The van der Waals surface area contributed by atoms with E-state index in [9.17, 15) is 9.59 Å². The fourth-order valence-corrected chi connectivity index (χ4v) is 3.01. The molecule has 0 saturated carbocycles. The predicted octanol–water partition coefficient (Wildman–Crippen LogP) is 2.43. The highest BCUT2D eigenvalue weighted by atomic mass is 16.7. The first kappa shape index (κ1) is 17.2. The molecule has 1 aromatic carbocycles. The lowest BCUT2D eigenvalue weighted by atomic mass is 10.1. The number of ether oxygens (including phenoxy) is 2. The minimum absolute atomic E-state index is 0.203. The van der Waals surface area contributed by atoms with Crippen LogP contribution in [-0.2, 0) is 21.3 Å². The van der Waals surface area contributed by atoms with Gasteiger partial charge in [-0.1, -0.05) is 18.2 Å². The Labute approximate surface area is 145 Å². The lowest BCUT2D eigenvalue weighted by Gasteiger charge is -2.19. The molecule has 25 heavy (non-hydrogen) atoms. The third-order valence-corrected chi connectivity index (χ3v) is 4.06. The predicted molar refractivity (Wildman–Crippen MR) is 93.6 cm³/mol. The Morgan fingerprint density at radius 1 is 1.12 bits per heavy atom. The number of nitrogens with one attached hydrogen (secondary N) is 2. The molecule has 0 aliphatic carbocycles. The molecule has 0 unspecified atom stereocenters. The number of hydrogen-bond acceptors (Lipinski definition) is 4. The number of urea groups is 1. The summed E-state index contributed by atoms with van der Waals surface area (Å²) in [6, 6.07) is 7.31. The van der Waals surface area contributed by atoms with Gasteiger partial charge in [0.25, 0.3) is 5.91 Å². The van der Waals surface area contributed by atoms with E-state index in [0.29, 0.717) is 13.2 Å². The molecule has 2 heterocycles. The van der Waals surface area contributed by atoms with Crippen LogP contribution in [0.15, 0.2) is 30.0 Å². The second-order valence-corrected chi connectivity index (χ2v) is 5.58. The highest BCUT2D eigenvalue weighted by Crippen LogP contribution is 2.33. The van der Waals surface area contributed by atoms with Gasteiger partial charge in [-0.3, -0.25) is 10.1 Å². The number of nitrogens with zero attached hydrogens (tertiary/aromatic N) is 1. The van der Waals surface area contributed by atoms with E-state index in [1.165, 1.54) is 0 Å². The maximum Gasteiger partial charge on any atom is 0.326 e. The van der Waals surface area contributed by atoms with Crippen LogP contribution < -0.4 is 10.6 Å². The van der Waals surface area contributed by atoms with Crippen molar-refractivity contribution in [2.24, 2.45) is 7.05 Å². The van der Waals surface area contributed by atoms with Gasteiger partial charge < -0.3 is 19.4 Å². The van der Waals surface area contributed by atoms with Crippen LogP contribution in [0.4, 0.5) is 4.79 Å². The fraction of sp³-hybridized carbons (Fsp3) is 0.333. The second kappa shape index (κ2) is 7.08. The number of carbonyl (C=O) groups excluding carboxylic acids is 2. The minimum Gasteiger partial charge on any atom is -0.347 e. The van der Waals surface area contributed by atoms with E-state index in [4.69, 9.17) is 9.47 Å². The molecule has 0 bridgehead atoms. The van der Waals surface area contributed by atoms with E-state index in [2.05, 4.69) is 10.6 Å². The molecule has 7 nitrogen and oxygen atoms in total. The molecule has 0 spiro atoms. The molecule has 1 aliphatic heterocycles. The van der Waals surface area contributed by atoms with Gasteiger partial charge >= 0.3 is 6.03 Å². The number of amides is 3. The summed E-state index contributed by atoms with van der Waals surface area (Å²) in [5.74, 6) is -0.451. The largest absolute Gasteiger partial charge is 0.347 e. The van der Waals surface area contributed by atoms with Crippen molar-refractivity contribution < 1.29 is 19.1 Å². The molecular formula is C18H21N3O4. The maximum absolute atomic E-state index is 11.9. The Balaban J connectivity index is 2.21. The van der Waals surface area contributed by atoms with E-state index in [1.807, 2.05) is 49.7 Å². The van der Waals surface area contributed by atoms with Crippen molar-refractivity contribution in [2.75, 3.05) is 13.2 Å². The van der Waals surface area contributed by atoms with Crippen LogP contribution in [0.1, 0.15) is 31.4 Å². The number of hydrogen-bond donors (Lipinski definition) is 2. The molecule has 1 aromatic heterocycles. The lowest BCUT2D eigenvalue weighted by molar-refractivity contribution is -0.143. The summed E-state index contributed by atoms with van der Waals surface area (Å²) in [5.41, 5.74) is 2.77. The number of fused-ring (bicyclic) bond motifs is 1. The SMILES string of the molecule is CCOC(OCC)c1c(/C=C2/NC(=O)NC2=O)c2ccccc2n1C. The van der Waals surface area contributed by atoms with Crippen molar-refractivity contribution >= 4 is 28.9 Å². The van der Waals surface area contributed by atoms with Crippen molar-refractivity contribution in [3.8, 4) is 0 Å². The zero-order chi connectivity index (χ0) is 18.0. The first-order valence-electron chi connectivity index (χ1n) is 8.21. The number of para-hydroxylation sites is 1. The Morgan fingerprint density at radius 2 is 1.80 bits per heavy atom. The monoisotopic (exact) mass is 343 g/mol. The minimum atomic E-state index is -0.570. The van der Waals surface area contributed by atoms with Crippen molar-refractivity contribution in [1.82, 2.24) is 15.2 Å². The van der Waals surface area contributed by atoms with Crippen molar-refractivity contribution in [2.45, 2.75) is 20.1 Å². The number of aromatic nitrogens is 1. The first-order valence-corrected chi connectivity index (χ1v) is 8.21. The highest BCUT2D eigenvalue weighted by molar-refractivity contribution is 6.14. The molecule has 1 fully saturated rings. The van der Waals surface area contributed by atoms with Crippen LogP contribution in [0.25, 0.3) is 17.0 Å². The highest BCUT2D eigenvalue weighted by Gasteiger charge is 2.27. The average molecular weight is 343 g/mol. The van der Waals surface area contributed by atoms with E-state index >= 15 is 0 Å². The molecule has 3 amide bonds. The summed E-state index contributed by atoms with van der Waals surface area (Å²) < 4.78 is 13.5. The molecule has 0 radical (unpaired) electrons. The Bertz CT molecular complexity index is 847. The summed E-state index contributed by atoms with van der Waals surface area (Å²) in [6.45, 7) is 4.77. The van der Waals surface area contributed by atoms with Crippen LogP contribution in [0.5, 0.6) is 0 Å². The lowest BCUT2D eigenvalue weighted by Crippen LogP contribution is -2.22. The molecule has 1 saturated heterocycles. The van der Waals surface area contributed by atoms with Gasteiger partial charge in [0.1, 0.15) is 5.70 Å². The van der Waals surface area contributed by atoms with E-state index in [0.717, 1.165) is 22.2 Å². The van der Waals surface area contributed by atoms with E-state index in [1.54, 1.807) is 6.08 Å². The molecule has 0 atom stereocenters. The molecule has 132 valence electrons. The summed E-state index contributed by atoms with van der Waals surface area (Å²) >= 11 is 0. The van der Waals surface area contributed by atoms with Crippen LogP contribution >= 0.6 is 0 Å². The average Bonchev–Trinajstić information content (AvgIpc) is 3.05. The zero-order valence-corrected chi connectivity index (χ0v) is 14.5. The van der Waals surface area contributed by atoms with E-state index < -0.39 is 18.2 Å². The van der Waals surface area contributed by atoms with Crippen LogP contribution in [-0.4, -0.2) is 29.7 Å². The van der Waals surface area contributed by atoms with Gasteiger partial charge in [0.2, 0.25) is 0 Å². The van der Waals surface area contributed by atoms with Crippen LogP contribution in [0.2, 0.25) is 0 Å². The van der Waals surface area contributed by atoms with Gasteiger partial charge in [0.15, 0.2) is 6.29 Å². The van der Waals surface area contributed by atoms with Gasteiger partial charge in [-0.05, 0) is 26.0 Å². The Kier molecular flexibility index (Phi) is 4.87. The third kappa shape index (κ3) is 3.16. The van der Waals surface area contributed by atoms with Crippen molar-refractivity contribution in [1.29, 1.82) is 0 Å². The van der Waals surface area contributed by atoms with Gasteiger partial charge in [-0.15, -0.1) is 0 Å². The Morgan fingerprint density at radius 3 is 2.40 bits per heavy atom. The van der Waals surface area contributed by atoms with Gasteiger partial charge in [-0.2, -0.15) is 0 Å². The maximum atomic E-state index is 11.9. The topological polar surface area (TPSA) is 81.6 Å². The standard InChI is InChI=1S/C18H21N3O4/c1-4-24-17(25-5-2)15-12(10-13-16(22)20-18(23)19-13)11-8-6-7-9-14(11)21(15)3/h6-10,17H,4-5H2,1-3H3,(H2,19,20,22,23)/b13-10+. The number of imide groups is 1. The number of carbonyl (C=O) groups is 2. The third-order valence-electron chi connectivity index (χ3n) is 4.06. The van der Waals surface area contributed by atoms with Crippen molar-refractivity contribution in [3.63, 3.8) is 0 Å². The molecule has 2 N–H and O–H groups in total. The molecule has 3 rings (SSSR count). The number of rotatable bonds is 6. The first-order chi connectivity index (χ1) is 12.1. The normalized spacial score (nSPS) is 16.1. The summed E-state index contributed by atoms with van der Waals surface area (Å²) in [5, 5.41) is 5.69.